The highest BCUT2D eigenvalue weighted by molar-refractivity contribution is 5.93. The molecular formula is C15H20N4O. The molecule has 1 N–H and O–H groups in total. The third-order valence-corrected chi connectivity index (χ3v) is 3.74. The maximum Gasteiger partial charge on any atom is 0.227 e. The van der Waals surface area contributed by atoms with Crippen molar-refractivity contribution >= 4 is 16.7 Å². The van der Waals surface area contributed by atoms with Gasteiger partial charge < -0.3 is 10.1 Å². The van der Waals surface area contributed by atoms with Gasteiger partial charge in [-0.1, -0.05) is 6.92 Å². The molecule has 0 unspecified atom stereocenters. The average Bonchev–Trinajstić information content (AvgIpc) is 2.40. The maximum atomic E-state index is 6.06. The Balaban J connectivity index is 2.17. The number of fused-ring (bicyclic) bond motifs is 1. The number of hydrogen-bond donors (Lipinski definition) is 1. The van der Waals surface area contributed by atoms with Crippen LogP contribution in [0.15, 0.2) is 6.07 Å². The van der Waals surface area contributed by atoms with Crippen molar-refractivity contribution in [2.75, 3.05) is 12.4 Å². The van der Waals surface area contributed by atoms with Crippen molar-refractivity contribution in [1.29, 1.82) is 0 Å². The maximum absolute atomic E-state index is 6.06. The van der Waals surface area contributed by atoms with Crippen molar-refractivity contribution in [1.82, 2.24) is 15.0 Å². The van der Waals surface area contributed by atoms with E-state index < -0.39 is 0 Å². The van der Waals surface area contributed by atoms with Gasteiger partial charge in [-0.15, -0.1) is 0 Å². The summed E-state index contributed by atoms with van der Waals surface area (Å²) in [4.78, 5) is 13.6. The van der Waals surface area contributed by atoms with E-state index in [4.69, 9.17) is 4.74 Å². The second-order valence-corrected chi connectivity index (χ2v) is 5.21. The van der Waals surface area contributed by atoms with Gasteiger partial charge in [0.15, 0.2) is 0 Å². The molecule has 2 aromatic heterocycles. The lowest BCUT2D eigenvalue weighted by Crippen LogP contribution is -2.25. The molecule has 1 aliphatic carbocycles. The molecule has 5 nitrogen and oxygen atoms in total. The minimum Gasteiger partial charge on any atom is -0.474 e. The molecule has 2 heterocycles. The topological polar surface area (TPSA) is 59.9 Å². The molecule has 106 valence electrons. The van der Waals surface area contributed by atoms with Gasteiger partial charge in [-0.25, -0.2) is 15.0 Å². The van der Waals surface area contributed by atoms with Crippen LogP contribution in [0.5, 0.6) is 5.88 Å². The molecule has 2 aromatic rings. The number of hydrogen-bond acceptors (Lipinski definition) is 5. The van der Waals surface area contributed by atoms with E-state index in [9.17, 15) is 0 Å². The summed E-state index contributed by atoms with van der Waals surface area (Å²) in [6, 6.07) is 2.03. The summed E-state index contributed by atoms with van der Waals surface area (Å²) >= 11 is 0. The SMILES string of the molecule is CCc1cc2nc(C)nc(NC)c2c(OC2CCC2)n1. The Morgan fingerprint density at radius 2 is 2.10 bits per heavy atom. The number of aromatic nitrogens is 3. The normalized spacial score (nSPS) is 15.2. The lowest BCUT2D eigenvalue weighted by Gasteiger charge is -2.26. The van der Waals surface area contributed by atoms with Gasteiger partial charge in [-0.05, 0) is 38.7 Å². The average molecular weight is 272 g/mol. The van der Waals surface area contributed by atoms with Crippen molar-refractivity contribution in [2.24, 2.45) is 0 Å². The van der Waals surface area contributed by atoms with Crippen LogP contribution >= 0.6 is 0 Å². The molecule has 5 heteroatoms. The van der Waals surface area contributed by atoms with Gasteiger partial charge in [0.25, 0.3) is 0 Å². The summed E-state index contributed by atoms with van der Waals surface area (Å²) < 4.78 is 6.06. The summed E-state index contributed by atoms with van der Waals surface area (Å²) in [5.74, 6) is 2.22. The molecule has 0 spiro atoms. The van der Waals surface area contributed by atoms with Crippen LogP contribution in [0, 0.1) is 6.92 Å². The van der Waals surface area contributed by atoms with Gasteiger partial charge in [-0.3, -0.25) is 0 Å². The van der Waals surface area contributed by atoms with Crippen molar-refractivity contribution in [3.8, 4) is 5.88 Å². The molecule has 20 heavy (non-hydrogen) atoms. The number of anilines is 1. The number of ether oxygens (including phenoxy) is 1. The number of pyridine rings is 1. The fraction of sp³-hybridized carbons (Fsp3) is 0.533. The number of nitrogens with one attached hydrogen (secondary N) is 1. The molecule has 0 amide bonds. The van der Waals surface area contributed by atoms with Crippen molar-refractivity contribution < 1.29 is 4.74 Å². The highest BCUT2D eigenvalue weighted by Gasteiger charge is 2.22. The predicted molar refractivity (Wildman–Crippen MR) is 79.3 cm³/mol. The standard InChI is InChI=1S/C15H20N4O/c1-4-10-8-12-13(14(16-3)18-9(2)17-12)15(19-10)20-11-6-5-7-11/h8,11H,4-7H2,1-3H3,(H,16,17,18). The summed E-state index contributed by atoms with van der Waals surface area (Å²) in [5.41, 5.74) is 1.91. The lowest BCUT2D eigenvalue weighted by molar-refractivity contribution is 0.116. The van der Waals surface area contributed by atoms with Gasteiger partial charge in [0.1, 0.15) is 23.1 Å². The largest absolute Gasteiger partial charge is 0.474 e. The van der Waals surface area contributed by atoms with Gasteiger partial charge >= 0.3 is 0 Å². The number of aryl methyl sites for hydroxylation is 2. The summed E-state index contributed by atoms with van der Waals surface area (Å²) in [5, 5.41) is 4.02. The molecule has 1 aliphatic rings. The highest BCUT2D eigenvalue weighted by Crippen LogP contribution is 2.33. The van der Waals surface area contributed by atoms with Crippen LogP contribution in [0.25, 0.3) is 10.9 Å². The third kappa shape index (κ3) is 2.28. The van der Waals surface area contributed by atoms with Crippen LogP contribution in [0.3, 0.4) is 0 Å². The minimum absolute atomic E-state index is 0.295. The molecule has 1 saturated carbocycles. The van der Waals surface area contributed by atoms with Crippen LogP contribution in [0.2, 0.25) is 0 Å². The van der Waals surface area contributed by atoms with Gasteiger partial charge in [0.05, 0.1) is 5.52 Å². The monoisotopic (exact) mass is 272 g/mol. The molecule has 0 radical (unpaired) electrons. The molecule has 1 fully saturated rings. The van der Waals surface area contributed by atoms with Gasteiger partial charge in [-0.2, -0.15) is 0 Å². The Kier molecular flexibility index (Phi) is 3.42. The van der Waals surface area contributed by atoms with E-state index >= 15 is 0 Å². The Morgan fingerprint density at radius 3 is 2.70 bits per heavy atom. The highest BCUT2D eigenvalue weighted by atomic mass is 16.5. The zero-order valence-electron chi connectivity index (χ0n) is 12.2. The van der Waals surface area contributed by atoms with Crippen LogP contribution < -0.4 is 10.1 Å². The van der Waals surface area contributed by atoms with E-state index in [2.05, 4.69) is 27.2 Å². The summed E-state index contributed by atoms with van der Waals surface area (Å²) in [6.45, 7) is 3.99. The van der Waals surface area contributed by atoms with Gasteiger partial charge in [0, 0.05) is 12.7 Å². The van der Waals surface area contributed by atoms with E-state index in [1.807, 2.05) is 20.0 Å². The van der Waals surface area contributed by atoms with Crippen molar-refractivity contribution in [3.05, 3.63) is 17.6 Å². The van der Waals surface area contributed by atoms with Gasteiger partial charge in [0.2, 0.25) is 5.88 Å². The first-order valence-corrected chi connectivity index (χ1v) is 7.24. The fourth-order valence-electron chi connectivity index (χ4n) is 2.38. The first-order chi connectivity index (χ1) is 9.71. The lowest BCUT2D eigenvalue weighted by atomic mass is 9.96. The Labute approximate surface area is 118 Å². The molecule has 0 saturated heterocycles. The van der Waals surface area contributed by atoms with Crippen molar-refractivity contribution in [3.63, 3.8) is 0 Å². The second kappa shape index (κ2) is 5.23. The summed E-state index contributed by atoms with van der Waals surface area (Å²) in [6.07, 6.45) is 4.63. The Bertz CT molecular complexity index is 637. The van der Waals surface area contributed by atoms with Crippen LogP contribution in [-0.2, 0) is 6.42 Å². The molecule has 0 aliphatic heterocycles. The zero-order valence-corrected chi connectivity index (χ0v) is 12.2. The number of rotatable bonds is 4. The smallest absolute Gasteiger partial charge is 0.227 e. The van der Waals surface area contributed by atoms with Crippen molar-refractivity contribution in [2.45, 2.75) is 45.6 Å². The minimum atomic E-state index is 0.295. The third-order valence-electron chi connectivity index (χ3n) is 3.74. The van der Waals surface area contributed by atoms with Crippen LogP contribution in [0.1, 0.15) is 37.7 Å². The quantitative estimate of drug-likeness (QED) is 0.927. The van der Waals surface area contributed by atoms with E-state index in [0.717, 1.165) is 47.5 Å². The number of nitrogens with zero attached hydrogens (tertiary/aromatic N) is 3. The van der Waals surface area contributed by atoms with Crippen LogP contribution in [-0.4, -0.2) is 28.1 Å². The predicted octanol–water partition coefficient (Wildman–Crippen LogP) is 2.87. The molecule has 0 atom stereocenters. The van der Waals surface area contributed by atoms with E-state index in [0.29, 0.717) is 12.0 Å². The fourth-order valence-corrected chi connectivity index (χ4v) is 2.38. The second-order valence-electron chi connectivity index (χ2n) is 5.21. The molecule has 3 rings (SSSR count). The Hall–Kier alpha value is -1.91. The first kappa shape index (κ1) is 13.1. The first-order valence-electron chi connectivity index (χ1n) is 7.24. The van der Waals surface area contributed by atoms with E-state index in [1.165, 1.54) is 6.42 Å². The van der Waals surface area contributed by atoms with E-state index in [1.54, 1.807) is 0 Å². The summed E-state index contributed by atoms with van der Waals surface area (Å²) in [7, 11) is 1.86. The molecule has 0 aromatic carbocycles. The van der Waals surface area contributed by atoms with Crippen LogP contribution in [0.4, 0.5) is 5.82 Å². The zero-order chi connectivity index (χ0) is 14.1. The molecular weight excluding hydrogens is 252 g/mol. The van der Waals surface area contributed by atoms with E-state index in [-0.39, 0.29) is 0 Å². The molecule has 0 bridgehead atoms. The Morgan fingerprint density at radius 1 is 1.30 bits per heavy atom.